The van der Waals surface area contributed by atoms with E-state index in [9.17, 15) is 13.2 Å². The number of rotatable bonds is 2. The van der Waals surface area contributed by atoms with Gasteiger partial charge >= 0.3 is 6.18 Å². The van der Waals surface area contributed by atoms with Crippen LogP contribution in [0.4, 0.5) is 13.2 Å². The first-order valence-corrected chi connectivity index (χ1v) is 8.15. The highest BCUT2D eigenvalue weighted by atomic mass is 79.9. The minimum absolute atomic E-state index is 0.0810. The summed E-state index contributed by atoms with van der Waals surface area (Å²) < 4.78 is 47.5. The van der Waals surface area contributed by atoms with Gasteiger partial charge in [0.25, 0.3) is 0 Å². The minimum Gasteiger partial charge on any atom is -0.491 e. The Morgan fingerprint density at radius 2 is 2.08 bits per heavy atom. The van der Waals surface area contributed by atoms with E-state index in [-0.39, 0.29) is 5.82 Å². The van der Waals surface area contributed by atoms with Gasteiger partial charge in [0, 0.05) is 10.7 Å². The molecule has 1 aliphatic rings. The predicted octanol–water partition coefficient (Wildman–Crippen LogP) is 3.53. The molecule has 0 spiro atoms. The average molecular weight is 414 g/mol. The van der Waals surface area contributed by atoms with Crippen LogP contribution in [0, 0.1) is 0 Å². The van der Waals surface area contributed by atoms with E-state index in [0.29, 0.717) is 30.4 Å². The molecule has 0 saturated carbocycles. The molecule has 3 aromatic rings. The molecule has 0 atom stereocenters. The molecule has 0 radical (unpaired) electrons. The summed E-state index contributed by atoms with van der Waals surface area (Å²) >= 11 is 3.39. The lowest BCUT2D eigenvalue weighted by Gasteiger charge is -2.08. The molecule has 0 aliphatic carbocycles. The highest BCUT2D eigenvalue weighted by Crippen LogP contribution is 2.35. The molecule has 0 bridgehead atoms. The molecule has 25 heavy (non-hydrogen) atoms. The summed E-state index contributed by atoms with van der Waals surface area (Å²) in [7, 11) is 0. The normalized spacial score (nSPS) is 13.8. The predicted molar refractivity (Wildman–Crippen MR) is 85.9 cm³/mol. The van der Waals surface area contributed by atoms with Crippen molar-refractivity contribution in [2.75, 3.05) is 6.61 Å². The van der Waals surface area contributed by atoms with Crippen molar-refractivity contribution >= 4 is 15.9 Å². The fourth-order valence-electron chi connectivity index (χ4n) is 2.73. The van der Waals surface area contributed by atoms with Crippen molar-refractivity contribution in [2.45, 2.75) is 19.3 Å². The zero-order valence-electron chi connectivity index (χ0n) is 12.7. The first-order valence-electron chi connectivity index (χ1n) is 7.35. The Labute approximate surface area is 148 Å². The SMILES string of the molecule is FC(F)(F)Cn1cnnc1-c1cn2c(n1)-c1ccc(Br)cc1OCC2. The van der Waals surface area contributed by atoms with Crippen molar-refractivity contribution in [3.63, 3.8) is 0 Å². The summed E-state index contributed by atoms with van der Waals surface area (Å²) in [4.78, 5) is 4.49. The van der Waals surface area contributed by atoms with Gasteiger partial charge in [0.15, 0.2) is 5.82 Å². The number of benzene rings is 1. The van der Waals surface area contributed by atoms with Crippen molar-refractivity contribution < 1.29 is 17.9 Å². The number of aromatic nitrogens is 5. The van der Waals surface area contributed by atoms with Gasteiger partial charge in [-0.1, -0.05) is 15.9 Å². The van der Waals surface area contributed by atoms with Gasteiger partial charge in [0.2, 0.25) is 0 Å². The molecular formula is C15H11BrF3N5O. The smallest absolute Gasteiger partial charge is 0.406 e. The Balaban J connectivity index is 1.79. The molecule has 0 N–H and O–H groups in total. The molecule has 0 amide bonds. The Kier molecular flexibility index (Phi) is 3.78. The number of ether oxygens (including phenoxy) is 1. The Morgan fingerprint density at radius 3 is 2.88 bits per heavy atom. The molecule has 0 saturated heterocycles. The molecule has 1 aliphatic heterocycles. The monoisotopic (exact) mass is 413 g/mol. The molecule has 3 heterocycles. The topological polar surface area (TPSA) is 57.8 Å². The standard InChI is InChI=1S/C15H11BrF3N5O/c16-9-1-2-10-12(5-9)25-4-3-23-6-11(21-13(10)23)14-22-20-8-24(14)7-15(17,18)19/h1-2,5-6,8H,3-4,7H2. The molecular weight excluding hydrogens is 403 g/mol. The van der Waals surface area contributed by atoms with E-state index < -0.39 is 12.7 Å². The molecule has 4 rings (SSSR count). The lowest BCUT2D eigenvalue weighted by molar-refractivity contribution is -0.140. The van der Waals surface area contributed by atoms with Crippen molar-refractivity contribution in [3.05, 3.63) is 35.2 Å². The van der Waals surface area contributed by atoms with Gasteiger partial charge < -0.3 is 13.9 Å². The zero-order valence-corrected chi connectivity index (χ0v) is 14.3. The van der Waals surface area contributed by atoms with E-state index in [0.717, 1.165) is 20.9 Å². The molecule has 0 fully saturated rings. The Bertz CT molecular complexity index is 934. The van der Waals surface area contributed by atoms with E-state index in [1.807, 2.05) is 22.8 Å². The van der Waals surface area contributed by atoms with Crippen LogP contribution in [-0.2, 0) is 13.1 Å². The molecule has 6 nitrogen and oxygen atoms in total. The van der Waals surface area contributed by atoms with Crippen molar-refractivity contribution in [1.82, 2.24) is 24.3 Å². The Hall–Kier alpha value is -2.36. The second-order valence-electron chi connectivity index (χ2n) is 5.53. The van der Waals surface area contributed by atoms with Crippen LogP contribution < -0.4 is 4.74 Å². The summed E-state index contributed by atoms with van der Waals surface area (Å²) in [6.45, 7) is -0.201. The highest BCUT2D eigenvalue weighted by Gasteiger charge is 2.30. The maximum absolute atomic E-state index is 12.7. The second-order valence-corrected chi connectivity index (χ2v) is 6.45. The molecule has 130 valence electrons. The van der Waals surface area contributed by atoms with Gasteiger partial charge in [0.1, 0.15) is 36.7 Å². The fourth-order valence-corrected chi connectivity index (χ4v) is 3.07. The van der Waals surface area contributed by atoms with Gasteiger partial charge in [-0.05, 0) is 18.2 Å². The average Bonchev–Trinajstić information content (AvgIpc) is 3.09. The highest BCUT2D eigenvalue weighted by molar-refractivity contribution is 9.10. The third-order valence-corrected chi connectivity index (χ3v) is 4.24. The van der Waals surface area contributed by atoms with Crippen LogP contribution in [0.15, 0.2) is 35.2 Å². The maximum Gasteiger partial charge on any atom is 0.406 e. The van der Waals surface area contributed by atoms with E-state index in [4.69, 9.17) is 4.74 Å². The van der Waals surface area contributed by atoms with Crippen LogP contribution in [-0.4, -0.2) is 37.1 Å². The van der Waals surface area contributed by atoms with Gasteiger partial charge in [-0.15, -0.1) is 10.2 Å². The van der Waals surface area contributed by atoms with Crippen LogP contribution in [0.25, 0.3) is 22.9 Å². The van der Waals surface area contributed by atoms with Gasteiger partial charge in [0.05, 0.1) is 12.1 Å². The zero-order chi connectivity index (χ0) is 17.6. The molecule has 10 heteroatoms. The van der Waals surface area contributed by atoms with Gasteiger partial charge in [-0.2, -0.15) is 13.2 Å². The minimum atomic E-state index is -4.36. The van der Waals surface area contributed by atoms with Crippen molar-refractivity contribution in [1.29, 1.82) is 0 Å². The van der Waals surface area contributed by atoms with Crippen LogP contribution in [0.3, 0.4) is 0 Å². The Morgan fingerprint density at radius 1 is 1.24 bits per heavy atom. The van der Waals surface area contributed by atoms with Crippen LogP contribution in [0.1, 0.15) is 0 Å². The van der Waals surface area contributed by atoms with Crippen LogP contribution in [0.2, 0.25) is 0 Å². The van der Waals surface area contributed by atoms with Crippen LogP contribution >= 0.6 is 15.9 Å². The summed E-state index contributed by atoms with van der Waals surface area (Å²) in [6, 6.07) is 5.55. The third-order valence-electron chi connectivity index (χ3n) is 3.75. The van der Waals surface area contributed by atoms with Crippen molar-refractivity contribution in [2.24, 2.45) is 0 Å². The summed E-state index contributed by atoms with van der Waals surface area (Å²) in [6.07, 6.45) is -1.63. The van der Waals surface area contributed by atoms with Gasteiger partial charge in [-0.3, -0.25) is 0 Å². The number of imidazole rings is 1. The number of hydrogen-bond acceptors (Lipinski definition) is 4. The van der Waals surface area contributed by atoms with Gasteiger partial charge in [-0.25, -0.2) is 4.98 Å². The number of halogens is 4. The maximum atomic E-state index is 12.7. The lowest BCUT2D eigenvalue weighted by atomic mass is 10.2. The quantitative estimate of drug-likeness (QED) is 0.644. The molecule has 2 aromatic heterocycles. The molecule has 0 unspecified atom stereocenters. The van der Waals surface area contributed by atoms with E-state index >= 15 is 0 Å². The second kappa shape index (κ2) is 5.87. The molecule has 1 aromatic carbocycles. The third kappa shape index (κ3) is 3.13. The number of nitrogens with zero attached hydrogens (tertiary/aromatic N) is 5. The van der Waals surface area contributed by atoms with Crippen LogP contribution in [0.5, 0.6) is 5.75 Å². The fraction of sp³-hybridized carbons (Fsp3) is 0.267. The first-order chi connectivity index (χ1) is 11.9. The first kappa shape index (κ1) is 16.1. The number of alkyl halides is 3. The largest absolute Gasteiger partial charge is 0.491 e. The number of hydrogen-bond donors (Lipinski definition) is 0. The van der Waals surface area contributed by atoms with Crippen molar-refractivity contribution in [3.8, 4) is 28.7 Å². The lowest BCUT2D eigenvalue weighted by Crippen LogP contribution is -2.17. The van der Waals surface area contributed by atoms with E-state index in [1.165, 1.54) is 0 Å². The summed E-state index contributed by atoms with van der Waals surface area (Å²) in [5, 5.41) is 7.40. The summed E-state index contributed by atoms with van der Waals surface area (Å²) in [5.41, 5.74) is 1.11. The van der Waals surface area contributed by atoms with E-state index in [2.05, 4.69) is 31.1 Å². The summed E-state index contributed by atoms with van der Waals surface area (Å²) in [5.74, 6) is 1.37. The number of fused-ring (bicyclic) bond motifs is 3. The van der Waals surface area contributed by atoms with E-state index in [1.54, 1.807) is 6.20 Å².